The van der Waals surface area contributed by atoms with Crippen molar-refractivity contribution in [1.29, 1.82) is 0 Å². The van der Waals surface area contributed by atoms with E-state index in [1.165, 1.54) is 27.7 Å². The predicted octanol–water partition coefficient (Wildman–Crippen LogP) is 1.98. The Morgan fingerprint density at radius 1 is 1.04 bits per heavy atom. The largest absolute Gasteiger partial charge is 0.398 e. The van der Waals surface area contributed by atoms with Crippen molar-refractivity contribution in [2.24, 2.45) is 0 Å². The number of sulfonamides is 1. The number of anilines is 2. The lowest BCUT2D eigenvalue weighted by atomic mass is 10.2. The Morgan fingerprint density at radius 2 is 1.75 bits per heavy atom. The maximum absolute atomic E-state index is 12.4. The second-order valence-electron chi connectivity index (χ2n) is 6.77. The summed E-state index contributed by atoms with van der Waals surface area (Å²) in [6, 6.07) is 14.8. The van der Waals surface area contributed by atoms with Crippen LogP contribution in [0.4, 0.5) is 11.5 Å². The molecule has 0 amide bonds. The third kappa shape index (κ3) is 3.97. The Balaban J connectivity index is 1.30. The minimum atomic E-state index is -3.58. The van der Waals surface area contributed by atoms with Crippen LogP contribution in [-0.4, -0.2) is 57.0 Å². The van der Waals surface area contributed by atoms with Crippen LogP contribution in [0.1, 0.15) is 0 Å². The molecule has 1 aliphatic rings. The lowest BCUT2D eigenvalue weighted by molar-refractivity contribution is 0.262. The van der Waals surface area contributed by atoms with E-state index in [0.29, 0.717) is 13.1 Å². The maximum atomic E-state index is 12.4. The molecule has 4 rings (SSSR count). The molecule has 1 fully saturated rings. The average molecular weight is 418 g/mol. The molecule has 9 heteroatoms. The molecule has 0 aliphatic carbocycles. The molecule has 1 aromatic heterocycles. The Labute approximate surface area is 169 Å². The molecule has 0 unspecified atom stereocenters. The molecule has 7 nitrogen and oxygen atoms in total. The summed E-state index contributed by atoms with van der Waals surface area (Å²) in [7, 11) is -3.58. The summed E-state index contributed by atoms with van der Waals surface area (Å²) in [6.45, 7) is 4.54. The number of rotatable bonds is 6. The number of piperazine rings is 1. The van der Waals surface area contributed by atoms with Gasteiger partial charge < -0.3 is 10.6 Å². The van der Waals surface area contributed by atoms with E-state index in [-0.39, 0.29) is 10.6 Å². The summed E-state index contributed by atoms with van der Waals surface area (Å²) in [5.74, 6) is 1.06. The van der Waals surface area contributed by atoms with Gasteiger partial charge in [-0.05, 0) is 35.8 Å². The Bertz CT molecular complexity index is 1060. The Hall–Kier alpha value is -2.20. The van der Waals surface area contributed by atoms with Crippen LogP contribution in [0, 0.1) is 0 Å². The lowest BCUT2D eigenvalue weighted by Crippen LogP contribution is -2.48. The van der Waals surface area contributed by atoms with Gasteiger partial charge in [-0.3, -0.25) is 4.90 Å². The molecular weight excluding hydrogens is 394 g/mol. The van der Waals surface area contributed by atoms with Gasteiger partial charge in [-0.25, -0.2) is 13.1 Å². The number of nitrogens with one attached hydrogen (secondary N) is 1. The van der Waals surface area contributed by atoms with E-state index >= 15 is 0 Å². The number of benzene rings is 2. The first-order valence-electron chi connectivity index (χ1n) is 9.20. The molecule has 0 radical (unpaired) electrons. The zero-order valence-corrected chi connectivity index (χ0v) is 17.0. The highest BCUT2D eigenvalue weighted by atomic mass is 32.2. The summed E-state index contributed by atoms with van der Waals surface area (Å²) in [5, 5.41) is 1.20. The quantitative estimate of drug-likeness (QED) is 0.596. The fourth-order valence-corrected chi connectivity index (χ4v) is 5.37. The molecule has 1 saturated heterocycles. The first kappa shape index (κ1) is 19.1. The van der Waals surface area contributed by atoms with Crippen molar-refractivity contribution in [1.82, 2.24) is 14.0 Å². The number of nitrogen functional groups attached to an aromatic ring is 1. The average Bonchev–Trinajstić information content (AvgIpc) is 3.13. The van der Waals surface area contributed by atoms with Crippen molar-refractivity contribution in [2.45, 2.75) is 4.90 Å². The van der Waals surface area contributed by atoms with E-state index in [0.717, 1.165) is 32.0 Å². The molecular formula is C19H23N5O2S2. The van der Waals surface area contributed by atoms with Crippen molar-refractivity contribution >= 4 is 43.1 Å². The van der Waals surface area contributed by atoms with Crippen LogP contribution in [0.15, 0.2) is 53.4 Å². The highest BCUT2D eigenvalue weighted by molar-refractivity contribution is 7.89. The van der Waals surface area contributed by atoms with Gasteiger partial charge in [-0.15, -0.1) is 0 Å². The highest BCUT2D eigenvalue weighted by Gasteiger charge is 2.21. The molecule has 3 aromatic rings. The van der Waals surface area contributed by atoms with E-state index in [4.69, 9.17) is 5.73 Å². The zero-order valence-electron chi connectivity index (χ0n) is 15.4. The summed E-state index contributed by atoms with van der Waals surface area (Å²) in [4.78, 5) is 4.71. The van der Waals surface area contributed by atoms with Crippen LogP contribution in [0.25, 0.3) is 10.1 Å². The van der Waals surface area contributed by atoms with Gasteiger partial charge in [0.05, 0.1) is 10.4 Å². The first-order chi connectivity index (χ1) is 13.5. The van der Waals surface area contributed by atoms with E-state index in [1.807, 2.05) is 12.1 Å². The second kappa shape index (κ2) is 8.04. The van der Waals surface area contributed by atoms with Crippen molar-refractivity contribution in [3.05, 3.63) is 48.5 Å². The molecule has 0 saturated carbocycles. The molecule has 2 heterocycles. The molecule has 28 heavy (non-hydrogen) atoms. The van der Waals surface area contributed by atoms with E-state index in [2.05, 4.69) is 31.0 Å². The van der Waals surface area contributed by atoms with Gasteiger partial charge >= 0.3 is 0 Å². The van der Waals surface area contributed by atoms with E-state index in [1.54, 1.807) is 18.2 Å². The standard InChI is InChI=1S/C19H23N5O2S2/c20-16-6-2-4-8-18(16)28(25,26)21-9-10-23-11-13-24(14-12-23)19-15-5-1-3-7-17(15)27-22-19/h1-8,21H,9-14,20H2. The fourth-order valence-electron chi connectivity index (χ4n) is 3.43. The van der Waals surface area contributed by atoms with Crippen LogP contribution in [0.5, 0.6) is 0 Å². The number of hydrogen-bond acceptors (Lipinski definition) is 7. The van der Waals surface area contributed by atoms with Gasteiger partial charge in [0.2, 0.25) is 10.0 Å². The number of hydrogen-bond donors (Lipinski definition) is 2. The Kier molecular flexibility index (Phi) is 5.49. The number of nitrogens with zero attached hydrogens (tertiary/aromatic N) is 3. The highest BCUT2D eigenvalue weighted by Crippen LogP contribution is 2.29. The zero-order chi connectivity index (χ0) is 19.6. The molecule has 2 aromatic carbocycles. The summed E-state index contributed by atoms with van der Waals surface area (Å²) in [6.07, 6.45) is 0. The van der Waals surface area contributed by atoms with Gasteiger partial charge in [0, 0.05) is 44.7 Å². The monoisotopic (exact) mass is 417 g/mol. The van der Waals surface area contributed by atoms with Gasteiger partial charge in [0.15, 0.2) is 0 Å². The number of aromatic nitrogens is 1. The van der Waals surface area contributed by atoms with Crippen LogP contribution in [-0.2, 0) is 10.0 Å². The topological polar surface area (TPSA) is 91.6 Å². The van der Waals surface area contributed by atoms with Crippen molar-refractivity contribution < 1.29 is 8.42 Å². The lowest BCUT2D eigenvalue weighted by Gasteiger charge is -2.35. The third-order valence-electron chi connectivity index (χ3n) is 4.96. The molecule has 3 N–H and O–H groups in total. The first-order valence-corrected chi connectivity index (χ1v) is 11.5. The van der Waals surface area contributed by atoms with Gasteiger partial charge in [0.1, 0.15) is 10.7 Å². The van der Waals surface area contributed by atoms with Crippen LogP contribution < -0.4 is 15.4 Å². The summed E-state index contributed by atoms with van der Waals surface area (Å²) in [5.41, 5.74) is 6.05. The second-order valence-corrected chi connectivity index (χ2v) is 9.31. The molecule has 148 valence electrons. The third-order valence-corrected chi connectivity index (χ3v) is 7.31. The van der Waals surface area contributed by atoms with Crippen LogP contribution in [0.2, 0.25) is 0 Å². The number of fused-ring (bicyclic) bond motifs is 1. The fraction of sp³-hybridized carbons (Fsp3) is 0.316. The minimum absolute atomic E-state index is 0.134. The number of para-hydroxylation sites is 1. The van der Waals surface area contributed by atoms with E-state index < -0.39 is 10.0 Å². The molecule has 0 atom stereocenters. The molecule has 1 aliphatic heterocycles. The van der Waals surface area contributed by atoms with Crippen molar-refractivity contribution in [2.75, 3.05) is 49.9 Å². The number of nitrogens with two attached hydrogens (primary N) is 1. The van der Waals surface area contributed by atoms with Gasteiger partial charge in [-0.1, -0.05) is 24.3 Å². The summed E-state index contributed by atoms with van der Waals surface area (Å²) >= 11 is 1.53. The van der Waals surface area contributed by atoms with Gasteiger partial charge in [0.25, 0.3) is 0 Å². The van der Waals surface area contributed by atoms with Crippen LogP contribution >= 0.6 is 11.5 Å². The van der Waals surface area contributed by atoms with Crippen molar-refractivity contribution in [3.63, 3.8) is 0 Å². The summed E-state index contributed by atoms with van der Waals surface area (Å²) < 4.78 is 33.3. The molecule has 0 bridgehead atoms. The predicted molar refractivity (Wildman–Crippen MR) is 114 cm³/mol. The van der Waals surface area contributed by atoms with Crippen molar-refractivity contribution in [3.8, 4) is 0 Å². The van der Waals surface area contributed by atoms with E-state index in [9.17, 15) is 8.42 Å². The minimum Gasteiger partial charge on any atom is -0.398 e. The Morgan fingerprint density at radius 3 is 2.54 bits per heavy atom. The van der Waals surface area contributed by atoms with Crippen LogP contribution in [0.3, 0.4) is 0 Å². The normalized spacial score (nSPS) is 15.9. The molecule has 0 spiro atoms. The van der Waals surface area contributed by atoms with Gasteiger partial charge in [-0.2, -0.15) is 4.37 Å². The SMILES string of the molecule is Nc1ccccc1S(=O)(=O)NCCN1CCN(c2nsc3ccccc23)CC1. The smallest absolute Gasteiger partial charge is 0.242 e. The maximum Gasteiger partial charge on any atom is 0.242 e.